The molecule has 0 saturated heterocycles. The molecule has 2 rings (SSSR count). The lowest BCUT2D eigenvalue weighted by Gasteiger charge is -2.19. The van der Waals surface area contributed by atoms with Crippen molar-refractivity contribution < 1.29 is 0 Å². The molecule has 1 fully saturated rings. The Morgan fingerprint density at radius 1 is 1.42 bits per heavy atom. The van der Waals surface area contributed by atoms with E-state index in [1.165, 1.54) is 6.42 Å². The molecule has 1 aliphatic carbocycles. The van der Waals surface area contributed by atoms with Gasteiger partial charge >= 0.3 is 0 Å². The van der Waals surface area contributed by atoms with Crippen LogP contribution in [-0.2, 0) is 0 Å². The van der Waals surface area contributed by atoms with Crippen LogP contribution in [0.5, 0.6) is 0 Å². The molecule has 1 aromatic carbocycles. The lowest BCUT2D eigenvalue weighted by Crippen LogP contribution is -2.40. The smallest absolute Gasteiger partial charge is 0.191 e. The Kier molecular flexibility index (Phi) is 4.58. The molecule has 1 aliphatic rings. The van der Waals surface area contributed by atoms with Gasteiger partial charge in [0.2, 0.25) is 0 Å². The van der Waals surface area contributed by atoms with Gasteiger partial charge in [-0.3, -0.25) is 4.99 Å². The summed E-state index contributed by atoms with van der Waals surface area (Å²) in [6, 6.07) is 6.16. The summed E-state index contributed by atoms with van der Waals surface area (Å²) in [5.74, 6) is 1.54. The van der Waals surface area contributed by atoms with E-state index < -0.39 is 0 Å². The molecule has 5 heteroatoms. The van der Waals surface area contributed by atoms with Crippen molar-refractivity contribution in [2.75, 3.05) is 7.05 Å². The number of halogens is 2. The number of rotatable bonds is 3. The number of hydrogen-bond acceptors (Lipinski definition) is 1. The van der Waals surface area contributed by atoms with E-state index in [-0.39, 0.29) is 6.04 Å². The fraction of sp³-hybridized carbons (Fsp3) is 0.500. The Balaban J connectivity index is 2.00. The van der Waals surface area contributed by atoms with Crippen LogP contribution in [0.3, 0.4) is 0 Å². The molecule has 3 atom stereocenters. The molecular weight excluding hydrogens is 281 g/mol. The van der Waals surface area contributed by atoms with Crippen molar-refractivity contribution in [1.29, 1.82) is 0 Å². The van der Waals surface area contributed by atoms with Gasteiger partial charge in [-0.05, 0) is 37.0 Å². The van der Waals surface area contributed by atoms with Crippen molar-refractivity contribution in [2.24, 2.45) is 10.9 Å². The maximum atomic E-state index is 6.21. The first-order valence-corrected chi connectivity index (χ1v) is 7.21. The van der Waals surface area contributed by atoms with Gasteiger partial charge in [-0.15, -0.1) is 0 Å². The third-order valence-corrected chi connectivity index (χ3v) is 4.00. The second kappa shape index (κ2) is 6.02. The highest BCUT2D eigenvalue weighted by molar-refractivity contribution is 6.35. The number of guanidine groups is 1. The standard InChI is InChI=1S/C14H19Cl2N3/c1-8-6-13(8)19-14(17-3)18-9(2)11-5-4-10(15)7-12(11)16/h4-5,7-9,13H,6H2,1-3H3,(H2,17,18,19). The Bertz CT molecular complexity index is 488. The first kappa shape index (κ1) is 14.5. The van der Waals surface area contributed by atoms with Gasteiger partial charge in [0.15, 0.2) is 5.96 Å². The van der Waals surface area contributed by atoms with Gasteiger partial charge < -0.3 is 10.6 Å². The zero-order valence-corrected chi connectivity index (χ0v) is 12.9. The summed E-state index contributed by atoms with van der Waals surface area (Å²) < 4.78 is 0. The third-order valence-electron chi connectivity index (χ3n) is 3.44. The highest BCUT2D eigenvalue weighted by Gasteiger charge is 2.33. The molecule has 3 nitrogen and oxygen atoms in total. The fourth-order valence-corrected chi connectivity index (χ4v) is 2.58. The summed E-state index contributed by atoms with van der Waals surface area (Å²) in [5.41, 5.74) is 1.01. The molecule has 0 radical (unpaired) electrons. The van der Waals surface area contributed by atoms with Crippen LogP contribution >= 0.6 is 23.2 Å². The van der Waals surface area contributed by atoms with Crippen molar-refractivity contribution in [3.63, 3.8) is 0 Å². The molecule has 0 heterocycles. The van der Waals surface area contributed by atoms with Crippen LogP contribution in [0, 0.1) is 5.92 Å². The van der Waals surface area contributed by atoms with Crippen LogP contribution in [0.1, 0.15) is 31.9 Å². The second-order valence-electron chi connectivity index (χ2n) is 5.07. The Labute approximate surface area is 124 Å². The third kappa shape index (κ3) is 3.77. The SMILES string of the molecule is CN=C(NC(C)c1ccc(Cl)cc1Cl)NC1CC1C. The molecule has 0 aromatic heterocycles. The van der Waals surface area contributed by atoms with Crippen LogP contribution in [-0.4, -0.2) is 19.0 Å². The van der Waals surface area contributed by atoms with E-state index in [0.717, 1.165) is 17.4 Å². The molecule has 1 aromatic rings. The van der Waals surface area contributed by atoms with E-state index in [1.807, 2.05) is 12.1 Å². The second-order valence-corrected chi connectivity index (χ2v) is 5.91. The Morgan fingerprint density at radius 2 is 2.11 bits per heavy atom. The predicted molar refractivity (Wildman–Crippen MR) is 82.1 cm³/mol. The monoisotopic (exact) mass is 299 g/mol. The molecule has 0 bridgehead atoms. The fourth-order valence-electron chi connectivity index (χ4n) is 2.01. The van der Waals surface area contributed by atoms with E-state index in [2.05, 4.69) is 29.5 Å². The molecule has 0 spiro atoms. The summed E-state index contributed by atoms with van der Waals surface area (Å²) in [4.78, 5) is 4.24. The molecule has 2 N–H and O–H groups in total. The van der Waals surface area contributed by atoms with Crippen LogP contribution in [0.2, 0.25) is 10.0 Å². The van der Waals surface area contributed by atoms with Gasteiger partial charge in [0, 0.05) is 23.1 Å². The van der Waals surface area contributed by atoms with Gasteiger partial charge in [0.05, 0.1) is 6.04 Å². The average Bonchev–Trinajstić information content (AvgIpc) is 3.03. The Hall–Kier alpha value is -0.930. The van der Waals surface area contributed by atoms with Crippen molar-refractivity contribution in [2.45, 2.75) is 32.4 Å². The molecule has 0 aliphatic heterocycles. The van der Waals surface area contributed by atoms with Crippen molar-refractivity contribution in [1.82, 2.24) is 10.6 Å². The largest absolute Gasteiger partial charge is 0.353 e. The van der Waals surface area contributed by atoms with Gasteiger partial charge in [-0.2, -0.15) is 0 Å². The molecule has 0 amide bonds. The lowest BCUT2D eigenvalue weighted by molar-refractivity contribution is 0.676. The van der Waals surface area contributed by atoms with Crippen molar-refractivity contribution >= 4 is 29.2 Å². The summed E-state index contributed by atoms with van der Waals surface area (Å²) in [6.45, 7) is 4.28. The highest BCUT2D eigenvalue weighted by Crippen LogP contribution is 2.29. The molecule has 104 valence electrons. The minimum atomic E-state index is 0.0741. The first-order valence-electron chi connectivity index (χ1n) is 6.46. The highest BCUT2D eigenvalue weighted by atomic mass is 35.5. The summed E-state index contributed by atoms with van der Waals surface area (Å²) in [7, 11) is 1.78. The van der Waals surface area contributed by atoms with Crippen LogP contribution in [0.15, 0.2) is 23.2 Å². The first-order chi connectivity index (χ1) is 9.01. The number of benzene rings is 1. The normalized spacial score (nSPS) is 23.9. The number of hydrogen-bond donors (Lipinski definition) is 2. The van der Waals surface area contributed by atoms with Crippen LogP contribution in [0.4, 0.5) is 0 Å². The topological polar surface area (TPSA) is 36.4 Å². The average molecular weight is 300 g/mol. The summed E-state index contributed by atoms with van der Waals surface area (Å²) >= 11 is 12.1. The molecule has 1 saturated carbocycles. The van der Waals surface area contributed by atoms with Crippen molar-refractivity contribution in [3.05, 3.63) is 33.8 Å². The zero-order valence-electron chi connectivity index (χ0n) is 11.4. The van der Waals surface area contributed by atoms with E-state index >= 15 is 0 Å². The van der Waals surface area contributed by atoms with E-state index in [1.54, 1.807) is 13.1 Å². The quantitative estimate of drug-likeness (QED) is 0.660. The summed E-state index contributed by atoms with van der Waals surface area (Å²) in [6.07, 6.45) is 1.21. The van der Waals surface area contributed by atoms with Gasteiger partial charge in [0.1, 0.15) is 0 Å². The van der Waals surface area contributed by atoms with Crippen molar-refractivity contribution in [3.8, 4) is 0 Å². The van der Waals surface area contributed by atoms with Crippen LogP contribution < -0.4 is 10.6 Å². The minimum absolute atomic E-state index is 0.0741. The number of nitrogens with one attached hydrogen (secondary N) is 2. The maximum absolute atomic E-state index is 6.21. The number of aliphatic imine (C=N–C) groups is 1. The molecule has 3 unspecified atom stereocenters. The van der Waals surface area contributed by atoms with E-state index in [9.17, 15) is 0 Å². The minimum Gasteiger partial charge on any atom is -0.353 e. The maximum Gasteiger partial charge on any atom is 0.191 e. The van der Waals surface area contributed by atoms with Crippen LogP contribution in [0.25, 0.3) is 0 Å². The summed E-state index contributed by atoms with van der Waals surface area (Å²) in [5, 5.41) is 8.06. The van der Waals surface area contributed by atoms with E-state index in [0.29, 0.717) is 16.1 Å². The number of nitrogens with zero attached hydrogens (tertiary/aromatic N) is 1. The predicted octanol–water partition coefficient (Wildman–Crippen LogP) is 3.63. The van der Waals surface area contributed by atoms with E-state index in [4.69, 9.17) is 23.2 Å². The zero-order chi connectivity index (χ0) is 14.0. The molecular formula is C14H19Cl2N3. The lowest BCUT2D eigenvalue weighted by atomic mass is 10.1. The van der Waals surface area contributed by atoms with Gasteiger partial charge in [-0.1, -0.05) is 36.2 Å². The Morgan fingerprint density at radius 3 is 2.63 bits per heavy atom. The molecule has 19 heavy (non-hydrogen) atoms. The van der Waals surface area contributed by atoms with Gasteiger partial charge in [0.25, 0.3) is 0 Å². The van der Waals surface area contributed by atoms with Gasteiger partial charge in [-0.25, -0.2) is 0 Å².